The highest BCUT2D eigenvalue weighted by Gasteiger charge is 2.51. The number of nitrogens with one attached hydrogen (secondary N) is 2. The summed E-state index contributed by atoms with van der Waals surface area (Å²) in [5.41, 5.74) is -1.56. The Morgan fingerprint density at radius 2 is 1.73 bits per heavy atom. The number of nitriles is 1. The normalized spacial score (nSPS) is 20.4. The van der Waals surface area contributed by atoms with Crippen LogP contribution in [-0.2, 0) is 24.2 Å². The Bertz CT molecular complexity index is 1500. The molecule has 0 bridgehead atoms. The number of amides is 3. The molecule has 2 aliphatic rings. The molecule has 1 aliphatic carbocycles. The molecule has 3 atom stereocenters. The van der Waals surface area contributed by atoms with Crippen molar-refractivity contribution in [1.29, 1.82) is 5.26 Å². The van der Waals surface area contributed by atoms with Crippen molar-refractivity contribution in [3.63, 3.8) is 0 Å². The number of sulfone groups is 1. The monoisotopic (exact) mass is 620 g/mol. The SMILES string of the molecule is CC(C)(C)OC(=O)NC(C(=O)N1CC(S(=O)(=O)c2ccccc2Cl)CC1C(=O)NC1(C#N)CC1)c1ccc(Cl)cc1. The molecule has 2 fully saturated rings. The number of rotatable bonds is 7. The van der Waals surface area contributed by atoms with Crippen LogP contribution in [0.3, 0.4) is 0 Å². The van der Waals surface area contributed by atoms with Crippen LogP contribution in [0, 0.1) is 11.3 Å². The van der Waals surface area contributed by atoms with E-state index in [1.165, 1.54) is 30.3 Å². The van der Waals surface area contributed by atoms with Crippen LogP contribution >= 0.6 is 23.2 Å². The van der Waals surface area contributed by atoms with E-state index in [0.29, 0.717) is 23.4 Å². The molecular weight excluding hydrogens is 591 g/mol. The lowest BCUT2D eigenvalue weighted by atomic mass is 10.0. The van der Waals surface area contributed by atoms with Crippen LogP contribution in [0.15, 0.2) is 53.4 Å². The molecule has 10 nitrogen and oxygen atoms in total. The summed E-state index contributed by atoms with van der Waals surface area (Å²) in [6.45, 7) is 4.66. The summed E-state index contributed by atoms with van der Waals surface area (Å²) >= 11 is 12.2. The maximum absolute atomic E-state index is 14.1. The zero-order valence-electron chi connectivity index (χ0n) is 22.7. The minimum absolute atomic E-state index is 0.0188. The van der Waals surface area contributed by atoms with Crippen molar-refractivity contribution in [1.82, 2.24) is 15.5 Å². The minimum Gasteiger partial charge on any atom is -0.444 e. The summed E-state index contributed by atoms with van der Waals surface area (Å²) in [5, 5.41) is 14.0. The van der Waals surface area contributed by atoms with Gasteiger partial charge in [-0.25, -0.2) is 13.2 Å². The summed E-state index contributed by atoms with van der Waals surface area (Å²) in [7, 11) is -4.08. The van der Waals surface area contributed by atoms with Gasteiger partial charge in [0.2, 0.25) is 5.91 Å². The second kappa shape index (κ2) is 11.5. The first-order valence-corrected chi connectivity index (χ1v) is 15.2. The number of carbonyl (C=O) groups excluding carboxylic acids is 3. The van der Waals surface area contributed by atoms with Gasteiger partial charge in [-0.1, -0.05) is 47.5 Å². The van der Waals surface area contributed by atoms with E-state index in [1.54, 1.807) is 39.0 Å². The standard InChI is InChI=1S/C28H30Cl2N4O6S/c1-27(2,3)40-26(37)32-23(17-8-10-18(29)11-9-17)25(36)34-15-19(41(38,39)22-7-5-4-6-20(22)30)14-21(34)24(35)33-28(16-31)12-13-28/h4-11,19,21,23H,12-15H2,1-3H3,(H,32,37)(H,33,35). The first-order chi connectivity index (χ1) is 19.2. The van der Waals surface area contributed by atoms with Crippen LogP contribution in [0.25, 0.3) is 0 Å². The molecule has 3 unspecified atom stereocenters. The Hall–Kier alpha value is -3.33. The lowest BCUT2D eigenvalue weighted by molar-refractivity contribution is -0.140. The van der Waals surface area contributed by atoms with Crippen molar-refractivity contribution < 1.29 is 27.5 Å². The van der Waals surface area contributed by atoms with E-state index >= 15 is 0 Å². The van der Waals surface area contributed by atoms with E-state index in [9.17, 15) is 28.1 Å². The van der Waals surface area contributed by atoms with Gasteiger partial charge < -0.3 is 20.3 Å². The predicted octanol–water partition coefficient (Wildman–Crippen LogP) is 4.17. The van der Waals surface area contributed by atoms with Crippen molar-refractivity contribution in [3.05, 3.63) is 64.1 Å². The first-order valence-electron chi connectivity index (χ1n) is 12.9. The summed E-state index contributed by atoms with van der Waals surface area (Å²) in [6, 6.07) is 11.6. The molecule has 0 spiro atoms. The summed E-state index contributed by atoms with van der Waals surface area (Å²) in [4.78, 5) is 41.4. The third-order valence-electron chi connectivity index (χ3n) is 6.87. The van der Waals surface area contributed by atoms with E-state index < -0.39 is 56.2 Å². The molecule has 0 radical (unpaired) electrons. The molecule has 3 amide bonds. The Balaban J connectivity index is 1.71. The molecule has 41 heavy (non-hydrogen) atoms. The van der Waals surface area contributed by atoms with E-state index in [2.05, 4.69) is 16.7 Å². The average Bonchev–Trinajstić information content (AvgIpc) is 3.51. The van der Waals surface area contributed by atoms with Gasteiger partial charge >= 0.3 is 6.09 Å². The molecule has 1 aliphatic heterocycles. The van der Waals surface area contributed by atoms with Crippen LogP contribution in [0.2, 0.25) is 10.0 Å². The molecule has 13 heteroatoms. The van der Waals surface area contributed by atoms with E-state index in [0.717, 1.165) is 4.90 Å². The number of likely N-dealkylation sites (tertiary alicyclic amines) is 1. The van der Waals surface area contributed by atoms with Crippen LogP contribution in [0.5, 0.6) is 0 Å². The fourth-order valence-corrected chi connectivity index (χ4v) is 6.96. The van der Waals surface area contributed by atoms with Crippen LogP contribution in [-0.4, -0.2) is 60.2 Å². The van der Waals surface area contributed by atoms with Gasteiger partial charge in [0.05, 0.1) is 21.2 Å². The van der Waals surface area contributed by atoms with Gasteiger partial charge in [-0.05, 0) is 69.9 Å². The smallest absolute Gasteiger partial charge is 0.408 e. The molecule has 2 aromatic rings. The van der Waals surface area contributed by atoms with Gasteiger partial charge in [-0.2, -0.15) is 5.26 Å². The second-order valence-corrected chi connectivity index (χ2v) is 14.2. The molecule has 2 N–H and O–H groups in total. The van der Waals surface area contributed by atoms with Crippen molar-refractivity contribution >= 4 is 50.9 Å². The van der Waals surface area contributed by atoms with Crippen molar-refractivity contribution in [2.45, 2.75) is 73.4 Å². The topological polar surface area (TPSA) is 146 Å². The van der Waals surface area contributed by atoms with Crippen molar-refractivity contribution in [2.24, 2.45) is 0 Å². The third-order valence-corrected chi connectivity index (χ3v) is 9.75. The van der Waals surface area contributed by atoms with Crippen molar-refractivity contribution in [3.8, 4) is 6.07 Å². The van der Waals surface area contributed by atoms with E-state index in [1.807, 2.05) is 0 Å². The van der Waals surface area contributed by atoms with Gasteiger partial charge in [0.25, 0.3) is 5.91 Å². The molecule has 0 aromatic heterocycles. The summed E-state index contributed by atoms with van der Waals surface area (Å²) in [5.74, 6) is -1.38. The largest absolute Gasteiger partial charge is 0.444 e. The van der Waals surface area contributed by atoms with Crippen molar-refractivity contribution in [2.75, 3.05) is 6.54 Å². The number of hydrogen-bond donors (Lipinski definition) is 2. The number of alkyl carbamates (subject to hydrolysis) is 1. The maximum atomic E-state index is 14.1. The van der Waals surface area contributed by atoms with E-state index in [-0.39, 0.29) is 22.9 Å². The molecule has 218 valence electrons. The van der Waals surface area contributed by atoms with Gasteiger partial charge in [-0.3, -0.25) is 9.59 Å². The van der Waals surface area contributed by atoms with E-state index in [4.69, 9.17) is 27.9 Å². The fraction of sp³-hybridized carbons (Fsp3) is 0.429. The Morgan fingerprint density at radius 3 is 2.29 bits per heavy atom. The number of carbonyl (C=O) groups is 3. The number of ether oxygens (including phenoxy) is 1. The zero-order valence-corrected chi connectivity index (χ0v) is 25.0. The fourth-order valence-electron chi connectivity index (χ4n) is 4.61. The first kappa shape index (κ1) is 30.6. The Morgan fingerprint density at radius 1 is 1.10 bits per heavy atom. The minimum atomic E-state index is -4.08. The Labute approximate surface area is 248 Å². The number of halogens is 2. The maximum Gasteiger partial charge on any atom is 0.408 e. The van der Waals surface area contributed by atoms with Gasteiger partial charge in [0.15, 0.2) is 9.84 Å². The number of nitrogens with zero attached hydrogens (tertiary/aromatic N) is 2. The summed E-state index contributed by atoms with van der Waals surface area (Å²) in [6.07, 6.45) is -0.213. The zero-order chi connectivity index (χ0) is 30.2. The van der Waals surface area contributed by atoms with Crippen LogP contribution in [0.1, 0.15) is 51.6 Å². The highest BCUT2D eigenvalue weighted by Crippen LogP contribution is 2.37. The third kappa shape index (κ3) is 6.94. The summed E-state index contributed by atoms with van der Waals surface area (Å²) < 4.78 is 32.7. The average molecular weight is 622 g/mol. The number of benzene rings is 2. The lowest BCUT2D eigenvalue weighted by Gasteiger charge is -2.30. The molecule has 2 aromatic carbocycles. The van der Waals surface area contributed by atoms with Crippen LogP contribution in [0.4, 0.5) is 4.79 Å². The highest BCUT2D eigenvalue weighted by molar-refractivity contribution is 7.92. The molecule has 1 saturated heterocycles. The lowest BCUT2D eigenvalue weighted by Crippen LogP contribution is -2.52. The predicted molar refractivity (Wildman–Crippen MR) is 152 cm³/mol. The molecule has 1 heterocycles. The second-order valence-electron chi connectivity index (χ2n) is 11.2. The highest BCUT2D eigenvalue weighted by atomic mass is 35.5. The Kier molecular flexibility index (Phi) is 8.60. The molecule has 4 rings (SSSR count). The number of hydrogen-bond acceptors (Lipinski definition) is 7. The van der Waals surface area contributed by atoms with Gasteiger partial charge in [-0.15, -0.1) is 0 Å². The molecular formula is C28H30Cl2N4O6S. The quantitative estimate of drug-likeness (QED) is 0.472. The van der Waals surface area contributed by atoms with Gasteiger partial charge in [0.1, 0.15) is 23.2 Å². The van der Waals surface area contributed by atoms with Crippen LogP contribution < -0.4 is 10.6 Å². The van der Waals surface area contributed by atoms with Gasteiger partial charge in [0, 0.05) is 11.6 Å². The molecule has 1 saturated carbocycles.